The van der Waals surface area contributed by atoms with E-state index in [1.54, 1.807) is 23.5 Å². The smallest absolute Gasteiger partial charge is 0.238 e. The van der Waals surface area contributed by atoms with Crippen molar-refractivity contribution in [1.82, 2.24) is 0 Å². The number of nitrogens with one attached hydrogen (secondary N) is 1. The highest BCUT2D eigenvalue weighted by atomic mass is 32.2. The Hall–Kier alpha value is -1.43. The average Bonchev–Trinajstić information content (AvgIpc) is 2.48. The van der Waals surface area contributed by atoms with Gasteiger partial charge in [0.25, 0.3) is 0 Å². The van der Waals surface area contributed by atoms with E-state index >= 15 is 0 Å². The number of carbonyl (C=O) groups is 1. The number of nitrogens with two attached hydrogens (primary N) is 1. The number of rotatable bonds is 5. The van der Waals surface area contributed by atoms with Crippen LogP contribution in [0.4, 0.5) is 5.69 Å². The maximum atomic E-state index is 11.3. The quantitative estimate of drug-likeness (QED) is 0.831. The molecule has 0 aliphatic carbocycles. The fourth-order valence-corrected chi connectivity index (χ4v) is 2.91. The summed E-state index contributed by atoms with van der Waals surface area (Å²) in [4.78, 5) is 14.8. The summed E-state index contributed by atoms with van der Waals surface area (Å²) in [6.07, 6.45) is 2.06. The lowest BCUT2D eigenvalue weighted by atomic mass is 10.3. The molecule has 0 aliphatic rings. The Morgan fingerprint density at radius 2 is 1.80 bits per heavy atom. The Balaban J connectivity index is 2.08. The van der Waals surface area contributed by atoms with Gasteiger partial charge >= 0.3 is 0 Å². The average molecular weight is 304 g/mol. The number of anilines is 1. The van der Waals surface area contributed by atoms with Gasteiger partial charge in [-0.1, -0.05) is 17.8 Å². The molecule has 0 saturated heterocycles. The fraction of sp³-hybridized carbons (Fsp3) is 0.133. The second-order valence-corrected chi connectivity index (χ2v) is 6.08. The molecule has 0 spiro atoms. The van der Waals surface area contributed by atoms with Gasteiger partial charge in [-0.15, -0.1) is 11.8 Å². The van der Waals surface area contributed by atoms with Crippen LogP contribution in [0.2, 0.25) is 0 Å². The molecule has 20 heavy (non-hydrogen) atoms. The molecule has 3 nitrogen and oxygen atoms in total. The van der Waals surface area contributed by atoms with Crippen molar-refractivity contribution < 1.29 is 4.79 Å². The summed E-state index contributed by atoms with van der Waals surface area (Å²) in [7, 11) is 0. The van der Waals surface area contributed by atoms with Crippen LogP contribution in [0.25, 0.3) is 0 Å². The van der Waals surface area contributed by atoms with E-state index in [2.05, 4.69) is 35.8 Å². The molecule has 0 atom stereocenters. The summed E-state index contributed by atoms with van der Waals surface area (Å²) >= 11 is 3.39. The normalized spacial score (nSPS) is 10.3. The zero-order valence-corrected chi connectivity index (χ0v) is 12.8. The standard InChI is InChI=1S/C15H16N2OS2/c1-19-12-5-7-13(8-6-12)20-14-4-2-3-11(9-14)17-15(18)10-16/h2-9H,10,16H2,1H3,(H,17,18). The van der Waals surface area contributed by atoms with Crippen LogP contribution in [-0.4, -0.2) is 18.7 Å². The summed E-state index contributed by atoms with van der Waals surface area (Å²) in [6, 6.07) is 16.1. The van der Waals surface area contributed by atoms with Crippen LogP contribution in [0.5, 0.6) is 0 Å². The first-order valence-electron chi connectivity index (χ1n) is 6.13. The summed E-state index contributed by atoms with van der Waals surface area (Å²) in [5, 5.41) is 2.76. The second-order valence-electron chi connectivity index (χ2n) is 4.06. The molecular formula is C15H16N2OS2. The largest absolute Gasteiger partial charge is 0.325 e. The monoisotopic (exact) mass is 304 g/mol. The first-order valence-corrected chi connectivity index (χ1v) is 8.17. The van der Waals surface area contributed by atoms with Gasteiger partial charge in [-0.2, -0.15) is 0 Å². The maximum absolute atomic E-state index is 11.3. The minimum absolute atomic E-state index is 0.00643. The van der Waals surface area contributed by atoms with E-state index in [1.165, 1.54) is 9.79 Å². The van der Waals surface area contributed by atoms with E-state index < -0.39 is 0 Å². The van der Waals surface area contributed by atoms with Crippen LogP contribution in [0.15, 0.2) is 63.2 Å². The van der Waals surface area contributed by atoms with Crippen molar-refractivity contribution in [3.05, 3.63) is 48.5 Å². The van der Waals surface area contributed by atoms with Crippen molar-refractivity contribution in [1.29, 1.82) is 0 Å². The summed E-state index contributed by atoms with van der Waals surface area (Å²) in [5.74, 6) is -0.184. The van der Waals surface area contributed by atoms with Gasteiger partial charge in [-0.25, -0.2) is 0 Å². The molecule has 2 aromatic carbocycles. The molecule has 0 aromatic heterocycles. The Kier molecular flexibility index (Phi) is 5.52. The topological polar surface area (TPSA) is 55.1 Å². The molecule has 0 fully saturated rings. The van der Waals surface area contributed by atoms with Crippen molar-refractivity contribution >= 4 is 35.1 Å². The lowest BCUT2D eigenvalue weighted by molar-refractivity contribution is -0.114. The zero-order chi connectivity index (χ0) is 14.4. The van der Waals surface area contributed by atoms with Gasteiger partial charge in [0.1, 0.15) is 0 Å². The van der Waals surface area contributed by atoms with Crippen LogP contribution in [0, 0.1) is 0 Å². The molecule has 3 N–H and O–H groups in total. The van der Waals surface area contributed by atoms with E-state index in [-0.39, 0.29) is 12.5 Å². The molecule has 104 valence electrons. The molecule has 2 aromatic rings. The summed E-state index contributed by atoms with van der Waals surface area (Å²) in [6.45, 7) is -0.00643. The number of carbonyl (C=O) groups excluding carboxylic acids is 1. The molecule has 5 heteroatoms. The predicted molar refractivity (Wildman–Crippen MR) is 86.5 cm³/mol. The first kappa shape index (κ1) is 15.0. The Bertz CT molecular complexity index is 585. The third-order valence-electron chi connectivity index (χ3n) is 2.60. The molecule has 0 aliphatic heterocycles. The van der Waals surface area contributed by atoms with Crippen molar-refractivity contribution in [2.45, 2.75) is 14.7 Å². The Morgan fingerprint density at radius 1 is 1.10 bits per heavy atom. The maximum Gasteiger partial charge on any atom is 0.238 e. The fourth-order valence-electron chi connectivity index (χ4n) is 1.63. The lowest BCUT2D eigenvalue weighted by Gasteiger charge is -2.07. The third-order valence-corrected chi connectivity index (χ3v) is 4.34. The molecule has 0 radical (unpaired) electrons. The van der Waals surface area contributed by atoms with Gasteiger partial charge in [-0.3, -0.25) is 4.79 Å². The first-order chi connectivity index (χ1) is 9.71. The molecular weight excluding hydrogens is 288 g/mol. The highest BCUT2D eigenvalue weighted by molar-refractivity contribution is 7.99. The molecule has 0 bridgehead atoms. The van der Waals surface area contributed by atoms with Crippen LogP contribution in [0.3, 0.4) is 0 Å². The van der Waals surface area contributed by atoms with Crippen LogP contribution in [0.1, 0.15) is 0 Å². The Labute approximate surface area is 127 Å². The van der Waals surface area contributed by atoms with Crippen LogP contribution >= 0.6 is 23.5 Å². The van der Waals surface area contributed by atoms with Crippen molar-refractivity contribution in [2.24, 2.45) is 5.73 Å². The molecule has 0 unspecified atom stereocenters. The van der Waals surface area contributed by atoms with Crippen LogP contribution < -0.4 is 11.1 Å². The lowest BCUT2D eigenvalue weighted by Crippen LogP contribution is -2.21. The minimum Gasteiger partial charge on any atom is -0.325 e. The Morgan fingerprint density at radius 3 is 2.45 bits per heavy atom. The van der Waals surface area contributed by atoms with E-state index in [1.807, 2.05) is 24.3 Å². The highest BCUT2D eigenvalue weighted by Crippen LogP contribution is 2.30. The molecule has 1 amide bonds. The van der Waals surface area contributed by atoms with E-state index in [9.17, 15) is 4.79 Å². The summed E-state index contributed by atoms with van der Waals surface area (Å²) < 4.78 is 0. The number of benzene rings is 2. The van der Waals surface area contributed by atoms with Crippen molar-refractivity contribution in [2.75, 3.05) is 18.1 Å². The third kappa shape index (κ3) is 4.30. The molecule has 0 heterocycles. The zero-order valence-electron chi connectivity index (χ0n) is 11.1. The molecule has 2 rings (SSSR count). The van der Waals surface area contributed by atoms with Gasteiger partial charge in [0, 0.05) is 20.4 Å². The van der Waals surface area contributed by atoms with E-state index in [0.29, 0.717) is 0 Å². The van der Waals surface area contributed by atoms with Gasteiger partial charge < -0.3 is 11.1 Å². The number of thioether (sulfide) groups is 1. The number of hydrogen-bond donors (Lipinski definition) is 2. The predicted octanol–water partition coefficient (Wildman–Crippen LogP) is 3.46. The van der Waals surface area contributed by atoms with Gasteiger partial charge in [0.15, 0.2) is 0 Å². The van der Waals surface area contributed by atoms with Gasteiger partial charge in [0.2, 0.25) is 5.91 Å². The number of amides is 1. The van der Waals surface area contributed by atoms with Crippen molar-refractivity contribution in [3.63, 3.8) is 0 Å². The minimum atomic E-state index is -0.184. The summed E-state index contributed by atoms with van der Waals surface area (Å²) in [5.41, 5.74) is 6.06. The second kappa shape index (κ2) is 7.38. The SMILES string of the molecule is CSc1ccc(Sc2cccc(NC(=O)CN)c2)cc1. The van der Waals surface area contributed by atoms with Crippen molar-refractivity contribution in [3.8, 4) is 0 Å². The van der Waals surface area contributed by atoms with Gasteiger partial charge in [0.05, 0.1) is 6.54 Å². The highest BCUT2D eigenvalue weighted by Gasteiger charge is 2.02. The number of hydrogen-bond acceptors (Lipinski definition) is 4. The van der Waals surface area contributed by atoms with E-state index in [4.69, 9.17) is 5.73 Å². The van der Waals surface area contributed by atoms with E-state index in [0.717, 1.165) is 10.6 Å². The van der Waals surface area contributed by atoms with Gasteiger partial charge in [-0.05, 0) is 48.7 Å². The van der Waals surface area contributed by atoms with Crippen LogP contribution in [-0.2, 0) is 4.79 Å². The molecule has 0 saturated carbocycles.